The van der Waals surface area contributed by atoms with Crippen LogP contribution in [0.4, 0.5) is 18.9 Å². The van der Waals surface area contributed by atoms with Crippen molar-refractivity contribution in [1.82, 2.24) is 29.8 Å². The molecular weight excluding hydrogens is 389 g/mol. The maximum atomic E-state index is 13.1. The van der Waals surface area contributed by atoms with E-state index in [0.717, 1.165) is 4.68 Å². The van der Waals surface area contributed by atoms with Crippen molar-refractivity contribution in [1.29, 1.82) is 0 Å². The quantitative estimate of drug-likeness (QED) is 0.598. The third-order valence-electron chi connectivity index (χ3n) is 4.43. The van der Waals surface area contributed by atoms with Gasteiger partial charge in [0.15, 0.2) is 11.7 Å². The van der Waals surface area contributed by atoms with Crippen molar-refractivity contribution in [2.75, 3.05) is 31.1 Å². The number of anilines is 1. The zero-order chi connectivity index (χ0) is 21.2. The number of halogens is 3. The van der Waals surface area contributed by atoms with Crippen molar-refractivity contribution in [3.05, 3.63) is 29.8 Å². The van der Waals surface area contributed by atoms with Gasteiger partial charge in [-0.25, -0.2) is 4.99 Å². The van der Waals surface area contributed by atoms with E-state index >= 15 is 0 Å². The number of guanidine groups is 1. The summed E-state index contributed by atoms with van der Waals surface area (Å²) in [6.45, 7) is 3.17. The van der Waals surface area contributed by atoms with Crippen molar-refractivity contribution >= 4 is 17.6 Å². The molecular formula is C17H23F3N8O. The molecule has 1 aliphatic rings. The number of carbonyl (C=O) groups excluding carboxylic acids is 1. The van der Waals surface area contributed by atoms with E-state index in [4.69, 9.17) is 0 Å². The first-order chi connectivity index (χ1) is 13.7. The summed E-state index contributed by atoms with van der Waals surface area (Å²) >= 11 is 0. The van der Waals surface area contributed by atoms with E-state index in [1.807, 2.05) is 6.92 Å². The fourth-order valence-corrected chi connectivity index (χ4v) is 3.15. The third kappa shape index (κ3) is 4.69. The van der Waals surface area contributed by atoms with Gasteiger partial charge in [-0.05, 0) is 6.92 Å². The van der Waals surface area contributed by atoms with Gasteiger partial charge in [-0.3, -0.25) is 14.2 Å². The first kappa shape index (κ1) is 20.7. The third-order valence-corrected chi connectivity index (χ3v) is 4.43. The maximum absolute atomic E-state index is 13.1. The summed E-state index contributed by atoms with van der Waals surface area (Å²) in [4.78, 5) is 20.3. The van der Waals surface area contributed by atoms with E-state index in [-0.39, 0.29) is 24.6 Å². The van der Waals surface area contributed by atoms with Crippen LogP contribution in [0.15, 0.2) is 23.6 Å². The normalized spacial score (nSPS) is 15.9. The number of nitrogens with one attached hydrogen (secondary N) is 1. The molecule has 0 atom stereocenters. The molecule has 1 saturated heterocycles. The summed E-state index contributed by atoms with van der Waals surface area (Å²) in [5.74, 6) is 0.260. The highest BCUT2D eigenvalue weighted by Gasteiger charge is 2.37. The zero-order valence-corrected chi connectivity index (χ0v) is 16.4. The lowest BCUT2D eigenvalue weighted by atomic mass is 10.2. The number of aromatic nitrogens is 4. The van der Waals surface area contributed by atoms with Crippen LogP contribution >= 0.6 is 0 Å². The minimum atomic E-state index is -4.55. The first-order valence-corrected chi connectivity index (χ1v) is 9.11. The fourth-order valence-electron chi connectivity index (χ4n) is 3.15. The highest BCUT2D eigenvalue weighted by Crippen LogP contribution is 2.30. The molecule has 0 unspecified atom stereocenters. The van der Waals surface area contributed by atoms with Gasteiger partial charge in [0.1, 0.15) is 6.54 Å². The van der Waals surface area contributed by atoms with Crippen LogP contribution < -0.4 is 10.2 Å². The summed E-state index contributed by atoms with van der Waals surface area (Å²) in [6, 6.07) is 0. The average molecular weight is 412 g/mol. The van der Waals surface area contributed by atoms with Crippen molar-refractivity contribution in [2.45, 2.75) is 19.6 Å². The molecule has 158 valence electrons. The van der Waals surface area contributed by atoms with Gasteiger partial charge >= 0.3 is 6.18 Å². The summed E-state index contributed by atoms with van der Waals surface area (Å²) in [6.07, 6.45) is 0.138. The molecule has 0 radical (unpaired) electrons. The highest BCUT2D eigenvalue weighted by molar-refractivity contribution is 5.98. The molecule has 0 spiro atoms. The molecule has 1 N–H and O–H groups in total. The number of alkyl halides is 3. The van der Waals surface area contributed by atoms with Gasteiger partial charge in [0.2, 0.25) is 5.91 Å². The van der Waals surface area contributed by atoms with Crippen LogP contribution in [0.5, 0.6) is 0 Å². The molecule has 12 heteroatoms. The Hall–Kier alpha value is -3.05. The first-order valence-electron chi connectivity index (χ1n) is 9.11. The fraction of sp³-hybridized carbons (Fsp3) is 0.529. The van der Waals surface area contributed by atoms with E-state index in [1.165, 1.54) is 13.2 Å². The van der Waals surface area contributed by atoms with Crippen molar-refractivity contribution in [3.8, 4) is 0 Å². The predicted molar refractivity (Wildman–Crippen MR) is 100 cm³/mol. The van der Waals surface area contributed by atoms with Crippen LogP contribution in [-0.4, -0.2) is 62.5 Å². The van der Waals surface area contributed by atoms with Crippen LogP contribution in [0.3, 0.4) is 0 Å². The minimum Gasteiger partial charge on any atom is -0.356 e. The van der Waals surface area contributed by atoms with Crippen molar-refractivity contribution < 1.29 is 18.0 Å². The van der Waals surface area contributed by atoms with Gasteiger partial charge in [-0.2, -0.15) is 23.4 Å². The Labute approximate surface area is 165 Å². The van der Waals surface area contributed by atoms with Gasteiger partial charge in [-0.15, -0.1) is 0 Å². The van der Waals surface area contributed by atoms with Crippen LogP contribution in [0, 0.1) is 0 Å². The molecule has 29 heavy (non-hydrogen) atoms. The number of aliphatic imine (C=N–C) groups is 1. The summed E-state index contributed by atoms with van der Waals surface area (Å²) in [7, 11) is 3.21. The molecule has 0 aromatic carbocycles. The molecule has 3 heterocycles. The van der Waals surface area contributed by atoms with Crippen LogP contribution in [0.1, 0.15) is 18.2 Å². The Bertz CT molecular complexity index is 901. The highest BCUT2D eigenvalue weighted by atomic mass is 19.4. The Kier molecular flexibility index (Phi) is 5.80. The number of rotatable bonds is 4. The Morgan fingerprint density at radius 1 is 1.24 bits per heavy atom. The van der Waals surface area contributed by atoms with E-state index in [0.29, 0.717) is 31.3 Å². The Morgan fingerprint density at radius 2 is 2.00 bits per heavy atom. The van der Waals surface area contributed by atoms with Gasteiger partial charge < -0.3 is 15.1 Å². The molecule has 2 aromatic heterocycles. The molecule has 9 nitrogen and oxygen atoms in total. The number of nitrogens with zero attached hydrogens (tertiary/aromatic N) is 7. The molecule has 1 amide bonds. The van der Waals surface area contributed by atoms with Crippen LogP contribution in [-0.2, 0) is 31.6 Å². The monoisotopic (exact) mass is 412 g/mol. The second-order valence-electron chi connectivity index (χ2n) is 6.68. The van der Waals surface area contributed by atoms with Gasteiger partial charge in [-0.1, -0.05) is 0 Å². The van der Waals surface area contributed by atoms with E-state index in [2.05, 4.69) is 20.5 Å². The molecule has 3 rings (SSSR count). The van der Waals surface area contributed by atoms with Gasteiger partial charge in [0.05, 0.1) is 18.4 Å². The minimum absolute atomic E-state index is 0.0178. The van der Waals surface area contributed by atoms with Crippen molar-refractivity contribution in [2.24, 2.45) is 19.1 Å². The predicted octanol–water partition coefficient (Wildman–Crippen LogP) is 0.987. The second-order valence-corrected chi connectivity index (χ2v) is 6.68. The Morgan fingerprint density at radius 3 is 2.59 bits per heavy atom. The summed E-state index contributed by atoms with van der Waals surface area (Å²) in [5, 5.41) is 10.6. The van der Waals surface area contributed by atoms with Gasteiger partial charge in [0.25, 0.3) is 0 Å². The van der Waals surface area contributed by atoms with E-state index in [9.17, 15) is 18.0 Å². The number of amides is 1. The molecule has 2 aromatic rings. The number of piperazine rings is 1. The number of aryl methyl sites for hydroxylation is 2. The second kappa shape index (κ2) is 8.13. The lowest BCUT2D eigenvalue weighted by Crippen LogP contribution is -2.55. The lowest BCUT2D eigenvalue weighted by Gasteiger charge is -2.35. The van der Waals surface area contributed by atoms with E-state index < -0.39 is 11.9 Å². The Balaban J connectivity index is 1.74. The molecule has 1 aliphatic heterocycles. The molecule has 1 fully saturated rings. The lowest BCUT2D eigenvalue weighted by molar-refractivity contribution is -0.142. The van der Waals surface area contributed by atoms with E-state index in [1.54, 1.807) is 33.9 Å². The summed E-state index contributed by atoms with van der Waals surface area (Å²) < 4.78 is 42.2. The topological polar surface area (TPSA) is 83.6 Å². The number of hydrogen-bond donors (Lipinski definition) is 1. The maximum Gasteiger partial charge on any atom is 0.435 e. The average Bonchev–Trinajstić information content (AvgIpc) is 3.24. The standard InChI is InChI=1S/C17H23F3N8O/c1-4-21-16(22-7-12-9-26(3)24-15(12)17(18,19)20)27-5-6-28(14(29)11-27)13-8-23-25(2)10-13/h8-10H,4-7,11H2,1-3H3,(H,21,22). The zero-order valence-electron chi connectivity index (χ0n) is 16.4. The number of carbonyl (C=O) groups is 1. The summed E-state index contributed by atoms with van der Waals surface area (Å²) in [5.41, 5.74) is -0.253. The van der Waals surface area contributed by atoms with Gasteiger partial charge in [0, 0.05) is 51.7 Å². The van der Waals surface area contributed by atoms with Crippen LogP contribution in [0.2, 0.25) is 0 Å². The molecule has 0 aliphatic carbocycles. The molecule has 0 bridgehead atoms. The SMILES string of the molecule is CCNC(=NCc1cn(C)nc1C(F)(F)F)N1CCN(c2cnn(C)c2)C(=O)C1. The smallest absolute Gasteiger partial charge is 0.356 e. The number of hydrogen-bond acceptors (Lipinski definition) is 4. The van der Waals surface area contributed by atoms with Crippen molar-refractivity contribution in [3.63, 3.8) is 0 Å². The largest absolute Gasteiger partial charge is 0.435 e. The molecule has 0 saturated carbocycles. The van der Waals surface area contributed by atoms with Crippen LogP contribution in [0.25, 0.3) is 0 Å².